The second kappa shape index (κ2) is 2.26. The van der Waals surface area contributed by atoms with E-state index in [2.05, 4.69) is 16.7 Å². The maximum Gasteiger partial charge on any atom is 0.137 e. The van der Waals surface area contributed by atoms with E-state index in [0.717, 1.165) is 6.54 Å². The van der Waals surface area contributed by atoms with E-state index in [1.807, 2.05) is 0 Å². The van der Waals surface area contributed by atoms with Crippen LogP contribution in [0.2, 0.25) is 0 Å². The number of hydrogen-bond donors (Lipinski definition) is 0. The van der Waals surface area contributed by atoms with Crippen molar-refractivity contribution in [3.05, 3.63) is 25.3 Å². The molecule has 0 aliphatic rings. The molecule has 1 aromatic heterocycles. The third-order valence-corrected chi connectivity index (χ3v) is 0.783. The van der Waals surface area contributed by atoms with Crippen LogP contribution in [0.5, 0.6) is 0 Å². The van der Waals surface area contributed by atoms with E-state index in [9.17, 15) is 0 Å². The van der Waals surface area contributed by atoms with Crippen LogP contribution >= 0.6 is 0 Å². The summed E-state index contributed by atoms with van der Waals surface area (Å²) >= 11 is 0. The standard InChI is InChI=1S/C5H7N3/c1-2-3-8-5-6-4-7-8/h2,4-5H,1,3H2. The summed E-state index contributed by atoms with van der Waals surface area (Å²) < 4.78 is 1.70. The lowest BCUT2D eigenvalue weighted by Gasteiger charge is -1.87. The monoisotopic (exact) mass is 109 g/mol. The van der Waals surface area contributed by atoms with Gasteiger partial charge in [0.25, 0.3) is 0 Å². The lowest BCUT2D eigenvalue weighted by molar-refractivity contribution is 0.701. The molecule has 3 nitrogen and oxygen atoms in total. The summed E-state index contributed by atoms with van der Waals surface area (Å²) in [6.07, 6.45) is 4.93. The van der Waals surface area contributed by atoms with Gasteiger partial charge in [-0.1, -0.05) is 6.08 Å². The molecule has 3 heteroatoms. The number of rotatable bonds is 2. The first-order valence-electron chi connectivity index (χ1n) is 2.37. The van der Waals surface area contributed by atoms with Gasteiger partial charge in [0, 0.05) is 0 Å². The maximum absolute atomic E-state index is 3.84. The Morgan fingerprint density at radius 2 is 2.62 bits per heavy atom. The Bertz CT molecular complexity index is 154. The first-order chi connectivity index (χ1) is 3.93. The van der Waals surface area contributed by atoms with Crippen molar-refractivity contribution >= 4 is 0 Å². The second-order valence-corrected chi connectivity index (χ2v) is 1.41. The summed E-state index contributed by atoms with van der Waals surface area (Å²) in [5.41, 5.74) is 0. The van der Waals surface area contributed by atoms with E-state index in [1.54, 1.807) is 17.1 Å². The van der Waals surface area contributed by atoms with Crippen LogP contribution in [0.15, 0.2) is 25.3 Å². The van der Waals surface area contributed by atoms with E-state index < -0.39 is 0 Å². The van der Waals surface area contributed by atoms with Crippen LogP contribution in [0, 0.1) is 0 Å². The van der Waals surface area contributed by atoms with Gasteiger partial charge in [0.05, 0.1) is 6.54 Å². The zero-order valence-corrected chi connectivity index (χ0v) is 4.49. The first kappa shape index (κ1) is 5.03. The Kier molecular flexibility index (Phi) is 1.42. The van der Waals surface area contributed by atoms with Gasteiger partial charge in [-0.3, -0.25) is 0 Å². The third-order valence-electron chi connectivity index (χ3n) is 0.783. The first-order valence-corrected chi connectivity index (χ1v) is 2.37. The smallest absolute Gasteiger partial charge is 0.137 e. The molecule has 0 saturated carbocycles. The Balaban J connectivity index is 2.62. The molecular weight excluding hydrogens is 102 g/mol. The Hall–Kier alpha value is -1.12. The molecule has 0 fully saturated rings. The van der Waals surface area contributed by atoms with E-state index in [-0.39, 0.29) is 0 Å². The van der Waals surface area contributed by atoms with Crippen molar-refractivity contribution < 1.29 is 0 Å². The van der Waals surface area contributed by atoms with E-state index >= 15 is 0 Å². The zero-order valence-electron chi connectivity index (χ0n) is 4.49. The number of allylic oxidation sites excluding steroid dienone is 1. The van der Waals surface area contributed by atoms with Crippen molar-refractivity contribution in [3.63, 3.8) is 0 Å². The van der Waals surface area contributed by atoms with Gasteiger partial charge < -0.3 is 0 Å². The molecule has 0 aliphatic heterocycles. The molecule has 1 rings (SSSR count). The van der Waals surface area contributed by atoms with Gasteiger partial charge in [0.15, 0.2) is 0 Å². The van der Waals surface area contributed by atoms with E-state index in [1.165, 1.54) is 6.33 Å². The van der Waals surface area contributed by atoms with Gasteiger partial charge in [-0.15, -0.1) is 6.58 Å². The largest absolute Gasteiger partial charge is 0.249 e. The van der Waals surface area contributed by atoms with Crippen molar-refractivity contribution in [3.8, 4) is 0 Å². The van der Waals surface area contributed by atoms with Crippen LogP contribution in [-0.2, 0) is 6.54 Å². The summed E-state index contributed by atoms with van der Waals surface area (Å²) in [6, 6.07) is 0. The highest BCUT2D eigenvalue weighted by atomic mass is 15.3. The van der Waals surface area contributed by atoms with Crippen LogP contribution in [-0.4, -0.2) is 14.8 Å². The molecule has 0 N–H and O–H groups in total. The van der Waals surface area contributed by atoms with Crippen molar-refractivity contribution in [1.82, 2.24) is 14.8 Å². The molecule has 1 aromatic rings. The van der Waals surface area contributed by atoms with Crippen LogP contribution in [0.4, 0.5) is 0 Å². The fourth-order valence-corrected chi connectivity index (χ4v) is 0.459. The topological polar surface area (TPSA) is 30.7 Å². The number of aromatic nitrogens is 3. The highest BCUT2D eigenvalue weighted by Crippen LogP contribution is 1.77. The quantitative estimate of drug-likeness (QED) is 0.517. The van der Waals surface area contributed by atoms with E-state index in [4.69, 9.17) is 0 Å². The molecule has 0 radical (unpaired) electrons. The highest BCUT2D eigenvalue weighted by molar-refractivity contribution is 4.68. The molecule has 0 unspecified atom stereocenters. The van der Waals surface area contributed by atoms with Crippen LogP contribution in [0.3, 0.4) is 0 Å². The lowest BCUT2D eigenvalue weighted by Crippen LogP contribution is -1.93. The van der Waals surface area contributed by atoms with Crippen molar-refractivity contribution in [2.45, 2.75) is 6.54 Å². The molecule has 0 atom stereocenters. The molecular formula is C5H7N3. The van der Waals surface area contributed by atoms with Gasteiger partial charge in [0.1, 0.15) is 12.7 Å². The van der Waals surface area contributed by atoms with Crippen molar-refractivity contribution in [2.24, 2.45) is 0 Å². The average molecular weight is 109 g/mol. The average Bonchev–Trinajstić information content (AvgIpc) is 2.19. The summed E-state index contributed by atoms with van der Waals surface area (Å²) in [6.45, 7) is 4.28. The molecule has 0 spiro atoms. The summed E-state index contributed by atoms with van der Waals surface area (Å²) in [5.74, 6) is 0. The highest BCUT2D eigenvalue weighted by Gasteiger charge is 1.80. The minimum absolute atomic E-state index is 0.736. The molecule has 1 heterocycles. The molecule has 42 valence electrons. The normalized spacial score (nSPS) is 9.00. The zero-order chi connectivity index (χ0) is 5.82. The lowest BCUT2D eigenvalue weighted by atomic mass is 10.6. The predicted molar refractivity (Wildman–Crippen MR) is 30.2 cm³/mol. The number of nitrogens with zero attached hydrogens (tertiary/aromatic N) is 3. The molecule has 0 amide bonds. The second-order valence-electron chi connectivity index (χ2n) is 1.41. The van der Waals surface area contributed by atoms with Crippen LogP contribution < -0.4 is 0 Å². The molecule has 0 saturated heterocycles. The number of hydrogen-bond acceptors (Lipinski definition) is 2. The van der Waals surface area contributed by atoms with Crippen LogP contribution in [0.1, 0.15) is 0 Å². The minimum atomic E-state index is 0.736. The Morgan fingerprint density at radius 1 is 1.75 bits per heavy atom. The minimum Gasteiger partial charge on any atom is -0.249 e. The summed E-state index contributed by atoms with van der Waals surface area (Å²) in [4.78, 5) is 3.74. The summed E-state index contributed by atoms with van der Waals surface area (Å²) in [5, 5.41) is 3.84. The third kappa shape index (κ3) is 0.932. The van der Waals surface area contributed by atoms with E-state index in [0.29, 0.717) is 0 Å². The van der Waals surface area contributed by atoms with Gasteiger partial charge in [-0.2, -0.15) is 5.10 Å². The molecule has 0 bridgehead atoms. The fourth-order valence-electron chi connectivity index (χ4n) is 0.459. The predicted octanol–water partition coefficient (Wildman–Crippen LogP) is 0.464. The Morgan fingerprint density at radius 3 is 3.12 bits per heavy atom. The van der Waals surface area contributed by atoms with Crippen LogP contribution in [0.25, 0.3) is 0 Å². The molecule has 8 heavy (non-hydrogen) atoms. The van der Waals surface area contributed by atoms with Crippen molar-refractivity contribution in [1.29, 1.82) is 0 Å². The maximum atomic E-state index is 3.84. The molecule has 0 aromatic carbocycles. The van der Waals surface area contributed by atoms with Crippen molar-refractivity contribution in [2.75, 3.05) is 0 Å². The van der Waals surface area contributed by atoms with Gasteiger partial charge in [0.2, 0.25) is 0 Å². The van der Waals surface area contributed by atoms with Gasteiger partial charge in [-0.05, 0) is 0 Å². The van der Waals surface area contributed by atoms with Gasteiger partial charge >= 0.3 is 0 Å². The summed E-state index contributed by atoms with van der Waals surface area (Å²) in [7, 11) is 0. The van der Waals surface area contributed by atoms with Gasteiger partial charge in [-0.25, -0.2) is 9.67 Å². The molecule has 0 aliphatic carbocycles. The Labute approximate surface area is 47.7 Å². The fraction of sp³-hybridized carbons (Fsp3) is 0.200. The SMILES string of the molecule is C=CCn1cncn1.